The predicted octanol–water partition coefficient (Wildman–Crippen LogP) is 3.92. The number of hydrogen-bond acceptors (Lipinski definition) is 9. The number of hydroxylamine groups is 2. The number of hydrogen-bond donors (Lipinski definition) is 4. The molecule has 50 heavy (non-hydrogen) atoms. The highest BCUT2D eigenvalue weighted by Crippen LogP contribution is 2.60. The van der Waals surface area contributed by atoms with Gasteiger partial charge in [-0.15, -0.1) is 0 Å². The van der Waals surface area contributed by atoms with Crippen LogP contribution in [0.4, 0.5) is 5.69 Å². The summed E-state index contributed by atoms with van der Waals surface area (Å²) in [4.78, 5) is 35.7. The molecule has 7 rings (SSSR count). The minimum Gasteiger partial charge on any atom is -0.496 e. The number of aliphatic hydroxyl groups is 2. The summed E-state index contributed by atoms with van der Waals surface area (Å²) in [5.41, 5.74) is 4.93. The summed E-state index contributed by atoms with van der Waals surface area (Å²) >= 11 is 0. The van der Waals surface area contributed by atoms with Gasteiger partial charge in [-0.1, -0.05) is 44.2 Å². The SMILES string of the molecule is C=C1[C@@H](NC(=O)[C@@H]2[C@@H]([C@H](C)O)[C@H](CO)ON2Cc2cccc(-c3cc(C(=O)NC[C@@H]4CCCO4)cc(N(C)C)c3)c2OC)C[C@H]2C[C@@H]1C2(C)C. The van der Waals surface area contributed by atoms with Gasteiger partial charge in [-0.2, -0.15) is 5.06 Å². The van der Waals surface area contributed by atoms with Gasteiger partial charge in [-0.05, 0) is 73.6 Å². The van der Waals surface area contributed by atoms with Gasteiger partial charge in [-0.3, -0.25) is 14.4 Å². The zero-order chi connectivity index (χ0) is 35.9. The summed E-state index contributed by atoms with van der Waals surface area (Å²) in [6.07, 6.45) is 2.22. The summed E-state index contributed by atoms with van der Waals surface area (Å²) in [6, 6.07) is 10.5. The number of amides is 2. The van der Waals surface area contributed by atoms with Gasteiger partial charge >= 0.3 is 0 Å². The van der Waals surface area contributed by atoms with Crippen LogP contribution in [0, 0.1) is 23.2 Å². The second-order valence-electron chi connectivity index (χ2n) is 15.3. The molecular formula is C39H54N4O7. The first-order chi connectivity index (χ1) is 23.8. The number of para-hydroxylation sites is 1. The maximum atomic E-state index is 14.2. The fraction of sp³-hybridized carbons (Fsp3) is 0.590. The Kier molecular flexibility index (Phi) is 10.6. The van der Waals surface area contributed by atoms with Crippen LogP contribution in [-0.4, -0.2) is 98.4 Å². The van der Waals surface area contributed by atoms with Crippen molar-refractivity contribution in [3.8, 4) is 16.9 Å². The number of carbonyl (C=O) groups excluding carboxylic acids is 2. The lowest BCUT2D eigenvalue weighted by Crippen LogP contribution is -2.59. The van der Waals surface area contributed by atoms with Crippen LogP contribution in [0.1, 0.15) is 62.4 Å². The van der Waals surface area contributed by atoms with Gasteiger partial charge in [0.2, 0.25) is 5.91 Å². The molecule has 2 heterocycles. The molecule has 2 amide bonds. The third-order valence-corrected chi connectivity index (χ3v) is 11.7. The van der Waals surface area contributed by atoms with Gasteiger partial charge in [0.15, 0.2) is 0 Å². The predicted molar refractivity (Wildman–Crippen MR) is 192 cm³/mol. The summed E-state index contributed by atoms with van der Waals surface area (Å²) in [5, 5.41) is 29.0. The highest BCUT2D eigenvalue weighted by Gasteiger charge is 2.56. The number of rotatable bonds is 12. The van der Waals surface area contributed by atoms with Crippen molar-refractivity contribution in [2.75, 3.05) is 45.9 Å². The molecule has 2 saturated heterocycles. The number of benzene rings is 2. The Morgan fingerprint density at radius 2 is 1.98 bits per heavy atom. The Bertz CT molecular complexity index is 1590. The number of fused-ring (bicyclic) bond motifs is 2. The number of methoxy groups -OCH3 is 1. The molecule has 11 nitrogen and oxygen atoms in total. The second kappa shape index (κ2) is 14.6. The summed E-state index contributed by atoms with van der Waals surface area (Å²) in [5.74, 6) is 0.351. The fourth-order valence-corrected chi connectivity index (χ4v) is 8.62. The lowest BCUT2D eigenvalue weighted by atomic mass is 9.46. The first-order valence-electron chi connectivity index (χ1n) is 17.9. The highest BCUT2D eigenvalue weighted by atomic mass is 16.7. The van der Waals surface area contributed by atoms with Gasteiger partial charge in [0, 0.05) is 55.5 Å². The van der Waals surface area contributed by atoms with E-state index in [1.54, 1.807) is 19.1 Å². The standard InChI is InChI=1S/C39H54N4O7/c1-22-31-17-27(39(31,3)4)18-32(22)41-38(47)35-34(23(2)45)33(21-44)50-43(35)20-24-10-8-12-30(36(24)48-7)25-14-26(16-28(15-25)42(5)6)37(46)40-19-29-11-9-13-49-29/h8,10,12,14-16,23,27,29,31-35,44-45H,1,9,11,13,17-21H2,2-7H3,(H,40,46)(H,41,47)/t23-,27+,29-,31-,32-,33-,34-,35-/m0/s1. The van der Waals surface area contributed by atoms with Crippen molar-refractivity contribution in [3.05, 3.63) is 59.7 Å². The monoisotopic (exact) mass is 690 g/mol. The molecule has 2 bridgehead atoms. The Labute approximate surface area is 295 Å². The number of ether oxygens (including phenoxy) is 2. The summed E-state index contributed by atoms with van der Waals surface area (Å²) in [7, 11) is 5.46. The molecule has 0 unspecified atom stereocenters. The Balaban J connectivity index is 1.28. The van der Waals surface area contributed by atoms with Crippen LogP contribution in [0.25, 0.3) is 11.1 Å². The molecule has 8 atom stereocenters. The largest absolute Gasteiger partial charge is 0.496 e. The average Bonchev–Trinajstić information content (AvgIpc) is 3.75. The molecule has 0 spiro atoms. The van der Waals surface area contributed by atoms with Crippen LogP contribution in [-0.2, 0) is 20.9 Å². The van der Waals surface area contributed by atoms with E-state index < -0.39 is 24.2 Å². The van der Waals surface area contributed by atoms with E-state index in [0.717, 1.165) is 60.2 Å². The van der Waals surface area contributed by atoms with E-state index in [2.05, 4.69) is 31.1 Å². The van der Waals surface area contributed by atoms with Gasteiger partial charge in [0.25, 0.3) is 5.91 Å². The fourth-order valence-electron chi connectivity index (χ4n) is 8.62. The Morgan fingerprint density at radius 3 is 2.60 bits per heavy atom. The van der Waals surface area contributed by atoms with E-state index >= 15 is 0 Å². The van der Waals surface area contributed by atoms with Crippen molar-refractivity contribution in [1.29, 1.82) is 0 Å². The second-order valence-corrected chi connectivity index (χ2v) is 15.3. The van der Waals surface area contributed by atoms with E-state index in [1.165, 1.54) is 0 Å². The van der Waals surface area contributed by atoms with Crippen LogP contribution in [0.3, 0.4) is 0 Å². The number of anilines is 1. The number of nitrogens with one attached hydrogen (secondary N) is 2. The molecular weight excluding hydrogens is 636 g/mol. The van der Waals surface area contributed by atoms with Crippen molar-refractivity contribution < 1.29 is 34.1 Å². The average molecular weight is 691 g/mol. The van der Waals surface area contributed by atoms with Crippen molar-refractivity contribution in [3.63, 3.8) is 0 Å². The minimum atomic E-state index is -0.915. The van der Waals surface area contributed by atoms with Crippen LogP contribution >= 0.6 is 0 Å². The van der Waals surface area contributed by atoms with E-state index in [1.807, 2.05) is 55.4 Å². The van der Waals surface area contributed by atoms with E-state index in [4.69, 9.17) is 14.3 Å². The first-order valence-corrected chi connectivity index (χ1v) is 17.9. The minimum absolute atomic E-state index is 0.0315. The Hall–Kier alpha value is -3.48. The molecule has 5 aliphatic rings. The molecule has 11 heteroatoms. The van der Waals surface area contributed by atoms with Gasteiger partial charge in [0.1, 0.15) is 17.9 Å². The van der Waals surface area contributed by atoms with Crippen molar-refractivity contribution >= 4 is 17.5 Å². The van der Waals surface area contributed by atoms with Crippen LogP contribution in [0.5, 0.6) is 5.75 Å². The van der Waals surface area contributed by atoms with Crippen LogP contribution in [0.15, 0.2) is 48.6 Å². The maximum absolute atomic E-state index is 14.2. The Morgan fingerprint density at radius 1 is 1.20 bits per heavy atom. The quantitative estimate of drug-likeness (QED) is 0.245. The molecule has 2 aliphatic heterocycles. The molecule has 3 aliphatic carbocycles. The maximum Gasteiger partial charge on any atom is 0.251 e. The van der Waals surface area contributed by atoms with Crippen molar-refractivity contribution in [2.24, 2.45) is 23.2 Å². The third-order valence-electron chi connectivity index (χ3n) is 11.7. The van der Waals surface area contributed by atoms with Crippen LogP contribution < -0.4 is 20.3 Å². The molecule has 0 radical (unpaired) electrons. The first kappa shape index (κ1) is 36.3. The summed E-state index contributed by atoms with van der Waals surface area (Å²) in [6.45, 7) is 11.6. The summed E-state index contributed by atoms with van der Waals surface area (Å²) < 4.78 is 11.7. The molecule has 2 aromatic carbocycles. The lowest BCUT2D eigenvalue weighted by Gasteiger charge is -2.60. The molecule has 2 aromatic rings. The van der Waals surface area contributed by atoms with E-state index in [-0.39, 0.29) is 42.5 Å². The van der Waals surface area contributed by atoms with E-state index in [0.29, 0.717) is 29.7 Å². The zero-order valence-corrected chi connectivity index (χ0v) is 30.3. The third kappa shape index (κ3) is 6.90. The van der Waals surface area contributed by atoms with E-state index in [9.17, 15) is 19.8 Å². The van der Waals surface area contributed by atoms with Crippen LogP contribution in [0.2, 0.25) is 0 Å². The molecule has 4 N–H and O–H groups in total. The normalized spacial score (nSPS) is 29.3. The molecule has 0 aromatic heterocycles. The number of aliphatic hydroxyl groups excluding tert-OH is 2. The van der Waals surface area contributed by atoms with Gasteiger partial charge in [-0.25, -0.2) is 0 Å². The van der Waals surface area contributed by atoms with Crippen molar-refractivity contribution in [2.45, 2.75) is 83.4 Å². The smallest absolute Gasteiger partial charge is 0.251 e. The number of carbonyl (C=O) groups is 2. The van der Waals surface area contributed by atoms with Gasteiger partial charge < -0.3 is 35.2 Å². The highest BCUT2D eigenvalue weighted by molar-refractivity contribution is 5.97. The lowest BCUT2D eigenvalue weighted by molar-refractivity contribution is -0.182. The molecule has 3 saturated carbocycles. The van der Waals surface area contributed by atoms with Gasteiger partial charge in [0.05, 0.1) is 38.5 Å². The van der Waals surface area contributed by atoms with Crippen molar-refractivity contribution in [1.82, 2.24) is 15.7 Å². The molecule has 5 fully saturated rings. The topological polar surface area (TPSA) is 133 Å². The molecule has 272 valence electrons. The number of nitrogens with zero attached hydrogens (tertiary/aromatic N) is 2. The zero-order valence-electron chi connectivity index (χ0n) is 30.3.